The van der Waals surface area contributed by atoms with E-state index in [2.05, 4.69) is 17.3 Å². The predicted octanol–water partition coefficient (Wildman–Crippen LogP) is 4.95. The van der Waals surface area contributed by atoms with Crippen LogP contribution >= 0.6 is 23.2 Å². The molecule has 1 aromatic heterocycles. The average molecular weight is 352 g/mol. The molecule has 23 heavy (non-hydrogen) atoms. The van der Waals surface area contributed by atoms with E-state index in [1.165, 1.54) is 6.08 Å². The molecule has 1 N–H and O–H groups in total. The van der Waals surface area contributed by atoms with Crippen molar-refractivity contribution in [1.82, 2.24) is 9.78 Å². The van der Waals surface area contributed by atoms with Crippen LogP contribution in [0.5, 0.6) is 0 Å². The van der Waals surface area contributed by atoms with Gasteiger partial charge in [0.15, 0.2) is 0 Å². The smallest absolute Gasteiger partial charge is 0.248 e. The summed E-state index contributed by atoms with van der Waals surface area (Å²) in [5, 5.41) is 8.19. The van der Waals surface area contributed by atoms with Crippen LogP contribution in [0.15, 0.2) is 30.3 Å². The van der Waals surface area contributed by atoms with Gasteiger partial charge in [0, 0.05) is 18.2 Å². The first-order valence-electron chi connectivity index (χ1n) is 7.49. The third-order valence-corrected chi connectivity index (χ3v) is 4.09. The van der Waals surface area contributed by atoms with Crippen molar-refractivity contribution >= 4 is 40.9 Å². The van der Waals surface area contributed by atoms with E-state index in [9.17, 15) is 4.79 Å². The molecule has 0 unspecified atom stereocenters. The molecular formula is C17H19Cl2N3O. The van der Waals surface area contributed by atoms with Crippen molar-refractivity contribution in [3.8, 4) is 0 Å². The van der Waals surface area contributed by atoms with Crippen LogP contribution in [0, 0.1) is 6.92 Å². The van der Waals surface area contributed by atoms with Gasteiger partial charge in [0.25, 0.3) is 0 Å². The van der Waals surface area contributed by atoms with E-state index in [4.69, 9.17) is 23.2 Å². The van der Waals surface area contributed by atoms with E-state index in [0.29, 0.717) is 15.9 Å². The molecule has 0 aliphatic rings. The summed E-state index contributed by atoms with van der Waals surface area (Å²) in [7, 11) is 0. The number of nitrogens with zero attached hydrogens (tertiary/aromatic N) is 2. The van der Waals surface area contributed by atoms with Gasteiger partial charge < -0.3 is 5.32 Å². The molecule has 6 heteroatoms. The average Bonchev–Trinajstić information content (AvgIpc) is 2.79. The Morgan fingerprint density at radius 1 is 1.35 bits per heavy atom. The maximum absolute atomic E-state index is 12.0. The molecule has 0 saturated heterocycles. The molecule has 0 fully saturated rings. The van der Waals surface area contributed by atoms with Crippen LogP contribution in [0.1, 0.15) is 31.0 Å². The topological polar surface area (TPSA) is 46.9 Å². The van der Waals surface area contributed by atoms with E-state index < -0.39 is 0 Å². The number of rotatable bonds is 6. The van der Waals surface area contributed by atoms with Crippen LogP contribution in [-0.4, -0.2) is 15.7 Å². The number of para-hydroxylation sites is 1. The molecule has 0 bridgehead atoms. The first-order valence-corrected chi connectivity index (χ1v) is 8.25. The molecular weight excluding hydrogens is 333 g/mol. The fourth-order valence-electron chi connectivity index (χ4n) is 2.11. The Morgan fingerprint density at radius 2 is 2.09 bits per heavy atom. The minimum atomic E-state index is -0.269. The second kappa shape index (κ2) is 8.18. The monoisotopic (exact) mass is 351 g/mol. The highest BCUT2D eigenvalue weighted by Crippen LogP contribution is 2.23. The molecule has 1 aromatic carbocycles. The summed E-state index contributed by atoms with van der Waals surface area (Å²) in [5.41, 5.74) is 2.13. The lowest BCUT2D eigenvalue weighted by Gasteiger charge is -2.03. The van der Waals surface area contributed by atoms with Crippen molar-refractivity contribution in [1.29, 1.82) is 0 Å². The third kappa shape index (κ3) is 4.60. The second-order valence-corrected chi connectivity index (χ2v) is 5.93. The zero-order valence-corrected chi connectivity index (χ0v) is 14.7. The van der Waals surface area contributed by atoms with Gasteiger partial charge in [-0.15, -0.1) is 0 Å². The van der Waals surface area contributed by atoms with Gasteiger partial charge in [0.1, 0.15) is 5.15 Å². The van der Waals surface area contributed by atoms with Crippen molar-refractivity contribution in [2.24, 2.45) is 0 Å². The van der Waals surface area contributed by atoms with Gasteiger partial charge in [-0.3, -0.25) is 9.48 Å². The van der Waals surface area contributed by atoms with E-state index >= 15 is 0 Å². The molecule has 2 rings (SSSR count). The number of amides is 1. The zero-order chi connectivity index (χ0) is 16.8. The summed E-state index contributed by atoms with van der Waals surface area (Å²) >= 11 is 12.3. The Balaban J connectivity index is 2.09. The molecule has 4 nitrogen and oxygen atoms in total. The number of benzene rings is 1. The van der Waals surface area contributed by atoms with E-state index in [1.54, 1.807) is 22.9 Å². The lowest BCUT2D eigenvalue weighted by atomic mass is 10.2. The number of carbonyl (C=O) groups excluding carboxylic acids is 1. The minimum absolute atomic E-state index is 0.269. The third-order valence-electron chi connectivity index (χ3n) is 3.37. The second-order valence-electron chi connectivity index (χ2n) is 5.17. The maximum Gasteiger partial charge on any atom is 0.248 e. The Bertz CT molecular complexity index is 723. The normalized spacial score (nSPS) is 11.1. The highest BCUT2D eigenvalue weighted by Gasteiger charge is 2.11. The van der Waals surface area contributed by atoms with Gasteiger partial charge >= 0.3 is 0 Å². The van der Waals surface area contributed by atoms with Crippen molar-refractivity contribution in [3.05, 3.63) is 51.8 Å². The Hall–Kier alpha value is -1.78. The molecule has 122 valence electrons. The van der Waals surface area contributed by atoms with Crippen LogP contribution in [0.25, 0.3) is 6.08 Å². The van der Waals surface area contributed by atoms with Crippen LogP contribution in [-0.2, 0) is 11.3 Å². The van der Waals surface area contributed by atoms with Crippen LogP contribution in [0.3, 0.4) is 0 Å². The Kier molecular flexibility index (Phi) is 6.25. The van der Waals surface area contributed by atoms with Crippen LogP contribution in [0.2, 0.25) is 10.2 Å². The molecule has 0 radical (unpaired) electrons. The quantitative estimate of drug-likeness (QED) is 0.748. The predicted molar refractivity (Wildman–Crippen MR) is 96.0 cm³/mol. The number of nitrogens with one attached hydrogen (secondary N) is 1. The lowest BCUT2D eigenvalue weighted by Crippen LogP contribution is -2.08. The molecule has 0 saturated carbocycles. The molecule has 1 heterocycles. The van der Waals surface area contributed by atoms with Gasteiger partial charge in [-0.2, -0.15) is 5.10 Å². The largest absolute Gasteiger partial charge is 0.321 e. The van der Waals surface area contributed by atoms with Crippen LogP contribution in [0.4, 0.5) is 5.69 Å². The summed E-state index contributed by atoms with van der Waals surface area (Å²) in [4.78, 5) is 12.0. The standard InChI is InChI=1S/C17H19Cl2N3O/c1-3-4-11-22-17(19)13(12(2)21-22)9-10-16(23)20-15-8-6-5-7-14(15)18/h5-10H,3-4,11H2,1-2H3,(H,20,23)/b10-9+. The van der Waals surface area contributed by atoms with Gasteiger partial charge in [0.2, 0.25) is 5.91 Å². The number of anilines is 1. The molecule has 2 aromatic rings. The van der Waals surface area contributed by atoms with E-state index in [-0.39, 0.29) is 5.91 Å². The maximum atomic E-state index is 12.0. The Morgan fingerprint density at radius 3 is 2.78 bits per heavy atom. The molecule has 0 aliphatic heterocycles. The fraction of sp³-hybridized carbons (Fsp3) is 0.294. The first kappa shape index (κ1) is 17.6. The molecule has 0 aliphatic carbocycles. The number of hydrogen-bond donors (Lipinski definition) is 1. The summed E-state index contributed by atoms with van der Waals surface area (Å²) in [6, 6.07) is 7.08. The zero-order valence-electron chi connectivity index (χ0n) is 13.1. The highest BCUT2D eigenvalue weighted by molar-refractivity contribution is 6.34. The van der Waals surface area contributed by atoms with E-state index in [0.717, 1.165) is 30.6 Å². The van der Waals surface area contributed by atoms with Crippen molar-refractivity contribution in [2.75, 3.05) is 5.32 Å². The first-order chi connectivity index (χ1) is 11.0. The fourth-order valence-corrected chi connectivity index (χ4v) is 2.61. The SMILES string of the molecule is CCCCn1nc(C)c(/C=C/C(=O)Nc2ccccc2Cl)c1Cl. The lowest BCUT2D eigenvalue weighted by molar-refractivity contribution is -0.111. The highest BCUT2D eigenvalue weighted by atomic mass is 35.5. The van der Waals surface area contributed by atoms with Crippen molar-refractivity contribution in [3.63, 3.8) is 0 Å². The Labute approximate surface area is 146 Å². The summed E-state index contributed by atoms with van der Waals surface area (Å²) in [5.74, 6) is -0.269. The summed E-state index contributed by atoms with van der Waals surface area (Å²) < 4.78 is 1.77. The molecule has 1 amide bonds. The number of carbonyl (C=O) groups is 1. The number of aryl methyl sites for hydroxylation is 2. The van der Waals surface area contributed by atoms with Gasteiger partial charge in [0.05, 0.1) is 16.4 Å². The van der Waals surface area contributed by atoms with Crippen molar-refractivity contribution in [2.45, 2.75) is 33.2 Å². The van der Waals surface area contributed by atoms with Gasteiger partial charge in [-0.05, 0) is 31.6 Å². The number of hydrogen-bond acceptors (Lipinski definition) is 2. The molecule has 0 atom stereocenters. The van der Waals surface area contributed by atoms with E-state index in [1.807, 2.05) is 19.1 Å². The molecule has 0 spiro atoms. The van der Waals surface area contributed by atoms with Crippen molar-refractivity contribution < 1.29 is 4.79 Å². The van der Waals surface area contributed by atoms with Gasteiger partial charge in [-0.25, -0.2) is 0 Å². The van der Waals surface area contributed by atoms with Crippen LogP contribution < -0.4 is 5.32 Å². The number of unbranched alkanes of at least 4 members (excludes halogenated alkanes) is 1. The number of halogens is 2. The summed E-state index contributed by atoms with van der Waals surface area (Å²) in [6.45, 7) is 4.76. The van der Waals surface area contributed by atoms with Gasteiger partial charge in [-0.1, -0.05) is 48.7 Å². The minimum Gasteiger partial charge on any atom is -0.321 e. The number of aromatic nitrogens is 2. The summed E-state index contributed by atoms with van der Waals surface area (Å²) in [6.07, 6.45) is 5.19.